The van der Waals surface area contributed by atoms with Crippen LogP contribution in [0, 0.1) is 13.8 Å². The predicted molar refractivity (Wildman–Crippen MR) is 113 cm³/mol. The van der Waals surface area contributed by atoms with Crippen LogP contribution in [0.15, 0.2) is 36.4 Å². The molecular weight excluding hydrogens is 392 g/mol. The maximum absolute atomic E-state index is 12.9. The molecule has 2 amide bonds. The Morgan fingerprint density at radius 1 is 1.10 bits per heavy atom. The van der Waals surface area contributed by atoms with Gasteiger partial charge in [0.1, 0.15) is 17.5 Å². The summed E-state index contributed by atoms with van der Waals surface area (Å²) in [5.74, 6) is 0.754. The molecule has 0 fully saturated rings. The van der Waals surface area contributed by atoms with E-state index in [0.717, 1.165) is 22.4 Å². The van der Waals surface area contributed by atoms with Crippen LogP contribution in [-0.2, 0) is 16.1 Å². The van der Waals surface area contributed by atoms with Gasteiger partial charge in [-0.25, -0.2) is 0 Å². The minimum Gasteiger partial charge on any atom is -0.497 e. The van der Waals surface area contributed by atoms with E-state index in [0.29, 0.717) is 10.8 Å². The lowest BCUT2D eigenvalue weighted by Crippen LogP contribution is -2.48. The molecule has 2 aromatic carbocycles. The summed E-state index contributed by atoms with van der Waals surface area (Å²) < 4.78 is 10.9. The Balaban J connectivity index is 2.16. The second kappa shape index (κ2) is 10.2. The molecule has 0 aromatic heterocycles. The third-order valence-corrected chi connectivity index (χ3v) is 5.29. The molecule has 0 radical (unpaired) electrons. The van der Waals surface area contributed by atoms with Crippen molar-refractivity contribution in [1.82, 2.24) is 10.2 Å². The molecule has 0 saturated carbocycles. The van der Waals surface area contributed by atoms with Crippen LogP contribution in [-0.4, -0.2) is 43.5 Å². The normalized spacial score (nSPS) is 11.5. The van der Waals surface area contributed by atoms with Gasteiger partial charge in [0.15, 0.2) is 6.61 Å². The molecule has 2 rings (SSSR count). The van der Waals surface area contributed by atoms with Crippen LogP contribution in [0.25, 0.3) is 0 Å². The molecule has 1 N–H and O–H groups in total. The molecule has 156 valence electrons. The molecule has 6 nitrogen and oxygen atoms in total. The summed E-state index contributed by atoms with van der Waals surface area (Å²) in [5.41, 5.74) is 2.64. The maximum atomic E-state index is 12.9. The third-order valence-electron chi connectivity index (χ3n) is 4.70. The lowest BCUT2D eigenvalue weighted by Gasteiger charge is -2.28. The van der Waals surface area contributed by atoms with Gasteiger partial charge in [-0.3, -0.25) is 9.59 Å². The van der Waals surface area contributed by atoms with Gasteiger partial charge < -0.3 is 19.7 Å². The fourth-order valence-corrected chi connectivity index (χ4v) is 3.05. The highest BCUT2D eigenvalue weighted by molar-refractivity contribution is 6.32. The monoisotopic (exact) mass is 418 g/mol. The molecule has 0 spiro atoms. The van der Waals surface area contributed by atoms with Gasteiger partial charge in [0.25, 0.3) is 5.91 Å². The van der Waals surface area contributed by atoms with Crippen molar-refractivity contribution in [3.8, 4) is 11.5 Å². The summed E-state index contributed by atoms with van der Waals surface area (Å²) in [6, 6.07) is 10.3. The van der Waals surface area contributed by atoms with Crippen LogP contribution >= 0.6 is 11.6 Å². The first-order chi connectivity index (χ1) is 13.8. The van der Waals surface area contributed by atoms with Gasteiger partial charge in [0, 0.05) is 18.6 Å². The van der Waals surface area contributed by atoms with Crippen LogP contribution in [0.3, 0.4) is 0 Å². The summed E-state index contributed by atoms with van der Waals surface area (Å²) in [7, 11) is 3.14. The Kier molecular flexibility index (Phi) is 7.91. The predicted octanol–water partition coefficient (Wildman–Crippen LogP) is 3.51. The molecule has 1 unspecified atom stereocenters. The number of benzene rings is 2. The van der Waals surface area contributed by atoms with E-state index < -0.39 is 6.04 Å². The number of carbonyl (C=O) groups is 2. The Morgan fingerprint density at radius 2 is 1.69 bits per heavy atom. The van der Waals surface area contributed by atoms with Gasteiger partial charge >= 0.3 is 0 Å². The van der Waals surface area contributed by atoms with Crippen molar-refractivity contribution in [2.45, 2.75) is 33.4 Å². The first-order valence-electron chi connectivity index (χ1n) is 9.30. The van der Waals surface area contributed by atoms with Crippen molar-refractivity contribution in [3.05, 3.63) is 58.1 Å². The molecule has 0 bridgehead atoms. The van der Waals surface area contributed by atoms with E-state index in [9.17, 15) is 9.59 Å². The molecule has 29 heavy (non-hydrogen) atoms. The number of likely N-dealkylation sites (N-methyl/N-ethyl adjacent to an activating group) is 1. The van der Waals surface area contributed by atoms with Crippen molar-refractivity contribution >= 4 is 23.4 Å². The van der Waals surface area contributed by atoms with E-state index in [1.807, 2.05) is 38.1 Å². The average molecular weight is 419 g/mol. The second-order valence-corrected chi connectivity index (χ2v) is 7.20. The first-order valence-corrected chi connectivity index (χ1v) is 9.68. The number of methoxy groups -OCH3 is 1. The first kappa shape index (κ1) is 22.6. The highest BCUT2D eigenvalue weighted by Crippen LogP contribution is 2.26. The van der Waals surface area contributed by atoms with E-state index >= 15 is 0 Å². The van der Waals surface area contributed by atoms with Crippen molar-refractivity contribution in [2.24, 2.45) is 0 Å². The number of rotatable bonds is 8. The van der Waals surface area contributed by atoms with Crippen LogP contribution in [0.5, 0.6) is 11.5 Å². The molecule has 0 aliphatic heterocycles. The van der Waals surface area contributed by atoms with Gasteiger partial charge in [-0.05, 0) is 61.7 Å². The molecule has 7 heteroatoms. The summed E-state index contributed by atoms with van der Waals surface area (Å²) in [5, 5.41) is 3.27. The van der Waals surface area contributed by atoms with Crippen molar-refractivity contribution in [3.63, 3.8) is 0 Å². The van der Waals surface area contributed by atoms with Gasteiger partial charge in [0.05, 0.1) is 7.11 Å². The molecule has 0 heterocycles. The van der Waals surface area contributed by atoms with Gasteiger partial charge in [-0.1, -0.05) is 23.7 Å². The van der Waals surface area contributed by atoms with E-state index in [4.69, 9.17) is 21.1 Å². The largest absolute Gasteiger partial charge is 0.497 e. The minimum absolute atomic E-state index is 0.183. The lowest BCUT2D eigenvalue weighted by molar-refractivity contribution is -0.142. The summed E-state index contributed by atoms with van der Waals surface area (Å²) >= 11 is 6.18. The Morgan fingerprint density at radius 3 is 2.21 bits per heavy atom. The van der Waals surface area contributed by atoms with Crippen LogP contribution in [0.2, 0.25) is 5.02 Å². The molecule has 1 atom stereocenters. The SMILES string of the molecule is CNC(=O)C(C)N(Cc1ccc(OC)cc1)C(=O)COc1cc(C)c(Cl)c(C)c1. The highest BCUT2D eigenvalue weighted by atomic mass is 35.5. The number of hydrogen-bond acceptors (Lipinski definition) is 4. The number of amides is 2. The van der Waals surface area contributed by atoms with E-state index in [-0.39, 0.29) is 25.0 Å². The summed E-state index contributed by atoms with van der Waals surface area (Å²) in [6.45, 7) is 5.55. The number of nitrogens with one attached hydrogen (secondary N) is 1. The van der Waals surface area contributed by atoms with E-state index in [1.165, 1.54) is 4.90 Å². The Hall–Kier alpha value is -2.73. The molecular formula is C22H27ClN2O4. The van der Waals surface area contributed by atoms with Crippen molar-refractivity contribution in [2.75, 3.05) is 20.8 Å². The maximum Gasteiger partial charge on any atom is 0.261 e. The van der Waals surface area contributed by atoms with E-state index in [1.54, 1.807) is 33.2 Å². The Labute approximate surface area is 176 Å². The fraction of sp³-hybridized carbons (Fsp3) is 0.364. The van der Waals surface area contributed by atoms with Gasteiger partial charge in [0.2, 0.25) is 5.91 Å². The molecule has 0 saturated heterocycles. The zero-order valence-electron chi connectivity index (χ0n) is 17.4. The smallest absolute Gasteiger partial charge is 0.261 e. The lowest BCUT2D eigenvalue weighted by atomic mass is 10.1. The number of ether oxygens (including phenoxy) is 2. The number of hydrogen-bond donors (Lipinski definition) is 1. The third kappa shape index (κ3) is 5.87. The van der Waals surface area contributed by atoms with Gasteiger partial charge in [-0.2, -0.15) is 0 Å². The van der Waals surface area contributed by atoms with Crippen LogP contribution < -0.4 is 14.8 Å². The van der Waals surface area contributed by atoms with Crippen LogP contribution in [0.1, 0.15) is 23.6 Å². The zero-order valence-corrected chi connectivity index (χ0v) is 18.2. The fourth-order valence-electron chi connectivity index (χ4n) is 2.94. The van der Waals surface area contributed by atoms with Crippen LogP contribution in [0.4, 0.5) is 0 Å². The highest BCUT2D eigenvalue weighted by Gasteiger charge is 2.26. The average Bonchev–Trinajstić information content (AvgIpc) is 2.73. The Bertz CT molecular complexity index is 845. The summed E-state index contributed by atoms with van der Waals surface area (Å²) in [6.07, 6.45) is 0. The minimum atomic E-state index is -0.646. The van der Waals surface area contributed by atoms with Gasteiger partial charge in [-0.15, -0.1) is 0 Å². The second-order valence-electron chi connectivity index (χ2n) is 6.82. The number of aryl methyl sites for hydroxylation is 2. The van der Waals surface area contributed by atoms with Crippen molar-refractivity contribution in [1.29, 1.82) is 0 Å². The zero-order chi connectivity index (χ0) is 21.6. The summed E-state index contributed by atoms with van der Waals surface area (Å²) in [4.78, 5) is 26.6. The number of carbonyl (C=O) groups excluding carboxylic acids is 2. The molecule has 0 aliphatic carbocycles. The number of nitrogens with zero attached hydrogens (tertiary/aromatic N) is 1. The number of halogens is 1. The topological polar surface area (TPSA) is 67.9 Å². The van der Waals surface area contributed by atoms with Crippen molar-refractivity contribution < 1.29 is 19.1 Å². The van der Waals surface area contributed by atoms with E-state index in [2.05, 4.69) is 5.32 Å². The molecule has 0 aliphatic rings. The quantitative estimate of drug-likeness (QED) is 0.712. The molecule has 2 aromatic rings. The standard InChI is InChI=1S/C22H27ClN2O4/c1-14-10-19(11-15(2)21(14)23)29-13-20(26)25(16(3)22(27)24-4)12-17-6-8-18(28-5)9-7-17/h6-11,16H,12-13H2,1-5H3,(H,24,27).